The van der Waals surface area contributed by atoms with Crippen LogP contribution in [0.1, 0.15) is 23.1 Å². The zero-order valence-electron chi connectivity index (χ0n) is 9.11. The Bertz CT molecular complexity index is 360. The molecule has 0 unspecified atom stereocenters. The summed E-state index contributed by atoms with van der Waals surface area (Å²) in [6, 6.07) is 0. The van der Waals surface area contributed by atoms with E-state index in [0.717, 1.165) is 0 Å². The SMILES string of the molecule is CCc1nn(C)c(C(=O)OCOC)c1N. The second-order valence-corrected chi connectivity index (χ2v) is 3.02. The number of rotatable bonds is 4. The number of methoxy groups -OCH3 is 1. The number of aromatic nitrogens is 2. The number of nitrogen functional groups attached to an aromatic ring is 1. The van der Waals surface area contributed by atoms with Gasteiger partial charge >= 0.3 is 5.97 Å². The molecule has 1 heterocycles. The topological polar surface area (TPSA) is 79.4 Å². The Morgan fingerprint density at radius 2 is 2.27 bits per heavy atom. The first-order chi connectivity index (χ1) is 7.11. The van der Waals surface area contributed by atoms with Gasteiger partial charge in [-0.15, -0.1) is 0 Å². The third-order valence-corrected chi connectivity index (χ3v) is 2.00. The third kappa shape index (κ3) is 2.27. The largest absolute Gasteiger partial charge is 0.434 e. The molecule has 0 amide bonds. The molecule has 6 heteroatoms. The van der Waals surface area contributed by atoms with Crippen molar-refractivity contribution in [1.29, 1.82) is 0 Å². The molecular weight excluding hydrogens is 198 g/mol. The molecular formula is C9H15N3O3. The Morgan fingerprint density at radius 1 is 1.60 bits per heavy atom. The van der Waals surface area contributed by atoms with Crippen LogP contribution in [0.2, 0.25) is 0 Å². The molecule has 1 aromatic heterocycles. The standard InChI is InChI=1S/C9H15N3O3/c1-4-6-7(10)8(12(2)11-6)9(13)15-5-14-3/h4-5,10H2,1-3H3. The van der Waals surface area contributed by atoms with Crippen molar-refractivity contribution in [2.75, 3.05) is 19.6 Å². The van der Waals surface area contributed by atoms with Crippen molar-refractivity contribution < 1.29 is 14.3 Å². The molecule has 6 nitrogen and oxygen atoms in total. The van der Waals surface area contributed by atoms with Crippen molar-refractivity contribution in [2.45, 2.75) is 13.3 Å². The highest BCUT2D eigenvalue weighted by atomic mass is 16.7. The molecule has 0 aliphatic rings. The smallest absolute Gasteiger partial charge is 0.360 e. The molecule has 1 rings (SSSR count). The van der Waals surface area contributed by atoms with Crippen LogP contribution >= 0.6 is 0 Å². The summed E-state index contributed by atoms with van der Waals surface area (Å²) in [6.45, 7) is 1.83. The van der Waals surface area contributed by atoms with E-state index < -0.39 is 5.97 Å². The van der Waals surface area contributed by atoms with Gasteiger partial charge in [-0.05, 0) is 6.42 Å². The summed E-state index contributed by atoms with van der Waals surface area (Å²) < 4.78 is 10.9. The summed E-state index contributed by atoms with van der Waals surface area (Å²) in [7, 11) is 3.09. The number of nitrogens with two attached hydrogens (primary N) is 1. The van der Waals surface area contributed by atoms with Crippen molar-refractivity contribution >= 4 is 11.7 Å². The maximum Gasteiger partial charge on any atom is 0.360 e. The Labute approximate surface area is 88.0 Å². The maximum atomic E-state index is 11.5. The molecule has 2 N–H and O–H groups in total. The third-order valence-electron chi connectivity index (χ3n) is 2.00. The van der Waals surface area contributed by atoms with Gasteiger partial charge in [0.15, 0.2) is 12.5 Å². The molecule has 0 atom stereocenters. The highest BCUT2D eigenvalue weighted by molar-refractivity contribution is 5.93. The van der Waals surface area contributed by atoms with Crippen LogP contribution in [-0.4, -0.2) is 29.7 Å². The van der Waals surface area contributed by atoms with Gasteiger partial charge < -0.3 is 15.2 Å². The molecule has 0 radical (unpaired) electrons. The quantitative estimate of drug-likeness (QED) is 0.575. The van der Waals surface area contributed by atoms with Crippen LogP contribution in [0.15, 0.2) is 0 Å². The lowest BCUT2D eigenvalue weighted by Crippen LogP contribution is -2.13. The molecule has 0 bridgehead atoms. The summed E-state index contributed by atoms with van der Waals surface area (Å²) in [5, 5.41) is 4.11. The Kier molecular flexibility index (Phi) is 3.68. The predicted octanol–water partition coefficient (Wildman–Crippen LogP) is 0.325. The van der Waals surface area contributed by atoms with Gasteiger partial charge in [0.05, 0.1) is 11.4 Å². The summed E-state index contributed by atoms with van der Waals surface area (Å²) in [5.74, 6) is -0.524. The first-order valence-corrected chi connectivity index (χ1v) is 4.59. The van der Waals surface area contributed by atoms with E-state index in [9.17, 15) is 4.79 Å². The normalized spacial score (nSPS) is 10.3. The average Bonchev–Trinajstić information content (AvgIpc) is 2.50. The van der Waals surface area contributed by atoms with E-state index in [1.54, 1.807) is 7.05 Å². The fourth-order valence-electron chi connectivity index (χ4n) is 1.28. The molecule has 0 saturated heterocycles. The Morgan fingerprint density at radius 3 is 2.73 bits per heavy atom. The number of carbonyl (C=O) groups is 1. The van der Waals surface area contributed by atoms with E-state index in [1.165, 1.54) is 11.8 Å². The zero-order valence-corrected chi connectivity index (χ0v) is 9.11. The van der Waals surface area contributed by atoms with Crippen LogP contribution in [0.3, 0.4) is 0 Å². The lowest BCUT2D eigenvalue weighted by atomic mass is 10.2. The molecule has 0 aromatic carbocycles. The van der Waals surface area contributed by atoms with E-state index in [2.05, 4.69) is 9.84 Å². The van der Waals surface area contributed by atoms with Crippen LogP contribution in [0, 0.1) is 0 Å². The Hall–Kier alpha value is -1.56. The zero-order chi connectivity index (χ0) is 11.4. The van der Waals surface area contributed by atoms with Gasteiger partial charge in [0, 0.05) is 14.2 Å². The minimum absolute atomic E-state index is 0.0923. The molecule has 0 fully saturated rings. The van der Waals surface area contributed by atoms with E-state index in [-0.39, 0.29) is 12.5 Å². The summed E-state index contributed by atoms with van der Waals surface area (Å²) in [5.41, 5.74) is 7.10. The summed E-state index contributed by atoms with van der Waals surface area (Å²) in [6.07, 6.45) is 0.678. The molecule has 0 saturated carbocycles. The number of nitrogens with zero attached hydrogens (tertiary/aromatic N) is 2. The van der Waals surface area contributed by atoms with Crippen LogP contribution in [0.5, 0.6) is 0 Å². The fourth-order valence-corrected chi connectivity index (χ4v) is 1.28. The van der Waals surface area contributed by atoms with Crippen LogP contribution in [-0.2, 0) is 22.9 Å². The van der Waals surface area contributed by atoms with Crippen molar-refractivity contribution in [3.63, 3.8) is 0 Å². The summed E-state index contributed by atoms with van der Waals surface area (Å²) >= 11 is 0. The van der Waals surface area contributed by atoms with E-state index in [0.29, 0.717) is 17.8 Å². The van der Waals surface area contributed by atoms with Crippen molar-refractivity contribution in [1.82, 2.24) is 9.78 Å². The van der Waals surface area contributed by atoms with Gasteiger partial charge in [0.1, 0.15) is 0 Å². The number of hydrogen-bond donors (Lipinski definition) is 1. The monoisotopic (exact) mass is 213 g/mol. The number of esters is 1. The maximum absolute atomic E-state index is 11.5. The molecule has 1 aromatic rings. The van der Waals surface area contributed by atoms with Crippen molar-refractivity contribution in [2.24, 2.45) is 7.05 Å². The second kappa shape index (κ2) is 4.79. The van der Waals surface area contributed by atoms with Gasteiger partial charge in [-0.25, -0.2) is 4.79 Å². The van der Waals surface area contributed by atoms with Crippen molar-refractivity contribution in [3.05, 3.63) is 11.4 Å². The first kappa shape index (κ1) is 11.5. The van der Waals surface area contributed by atoms with Crippen LogP contribution in [0.25, 0.3) is 0 Å². The van der Waals surface area contributed by atoms with Crippen LogP contribution in [0.4, 0.5) is 5.69 Å². The van der Waals surface area contributed by atoms with Gasteiger partial charge in [0.2, 0.25) is 0 Å². The average molecular weight is 213 g/mol. The van der Waals surface area contributed by atoms with Gasteiger partial charge in [-0.3, -0.25) is 4.68 Å². The number of aryl methyl sites for hydroxylation is 2. The number of ether oxygens (including phenoxy) is 2. The fraction of sp³-hybridized carbons (Fsp3) is 0.556. The lowest BCUT2D eigenvalue weighted by molar-refractivity contribution is -0.0132. The van der Waals surface area contributed by atoms with Crippen molar-refractivity contribution in [3.8, 4) is 0 Å². The van der Waals surface area contributed by atoms with E-state index >= 15 is 0 Å². The second-order valence-electron chi connectivity index (χ2n) is 3.02. The van der Waals surface area contributed by atoms with E-state index in [4.69, 9.17) is 10.5 Å². The predicted molar refractivity (Wildman–Crippen MR) is 54.3 cm³/mol. The molecule has 84 valence electrons. The minimum atomic E-state index is -0.524. The van der Waals surface area contributed by atoms with Gasteiger partial charge in [-0.1, -0.05) is 6.92 Å². The number of hydrogen-bond acceptors (Lipinski definition) is 5. The molecule has 15 heavy (non-hydrogen) atoms. The van der Waals surface area contributed by atoms with Crippen LogP contribution < -0.4 is 5.73 Å². The Balaban J connectivity index is 2.93. The highest BCUT2D eigenvalue weighted by Crippen LogP contribution is 2.17. The lowest BCUT2D eigenvalue weighted by Gasteiger charge is -2.03. The molecule has 0 spiro atoms. The highest BCUT2D eigenvalue weighted by Gasteiger charge is 2.20. The molecule has 0 aliphatic heterocycles. The number of anilines is 1. The minimum Gasteiger partial charge on any atom is -0.434 e. The van der Waals surface area contributed by atoms with Gasteiger partial charge in [-0.2, -0.15) is 5.10 Å². The first-order valence-electron chi connectivity index (χ1n) is 4.59. The van der Waals surface area contributed by atoms with Gasteiger partial charge in [0.25, 0.3) is 0 Å². The molecule has 0 aliphatic carbocycles. The summed E-state index contributed by atoms with van der Waals surface area (Å²) in [4.78, 5) is 11.5. The van der Waals surface area contributed by atoms with E-state index in [1.807, 2.05) is 6.92 Å². The number of carbonyl (C=O) groups excluding carboxylic acids is 1.